The van der Waals surface area contributed by atoms with Crippen molar-refractivity contribution < 1.29 is 4.74 Å². The summed E-state index contributed by atoms with van der Waals surface area (Å²) in [7, 11) is 1.65. The molecule has 0 bridgehead atoms. The van der Waals surface area contributed by atoms with Gasteiger partial charge >= 0.3 is 0 Å². The third kappa shape index (κ3) is 5.24. The van der Waals surface area contributed by atoms with E-state index in [4.69, 9.17) is 15.5 Å². The first-order valence-electron chi connectivity index (χ1n) is 10.7. The second kappa shape index (κ2) is 10.8. The summed E-state index contributed by atoms with van der Waals surface area (Å²) in [5.41, 5.74) is 13.5. The maximum atomic E-state index is 5.84. The van der Waals surface area contributed by atoms with Gasteiger partial charge in [0.25, 0.3) is 0 Å². The van der Waals surface area contributed by atoms with Crippen molar-refractivity contribution in [2.45, 2.75) is 20.4 Å². The third-order valence-electron chi connectivity index (χ3n) is 5.47. The van der Waals surface area contributed by atoms with E-state index >= 15 is 0 Å². The van der Waals surface area contributed by atoms with Gasteiger partial charge in [-0.3, -0.25) is 0 Å². The minimum atomic E-state index is 0. The molecule has 3 heterocycles. The first-order chi connectivity index (χ1) is 16.0. The lowest BCUT2D eigenvalue weighted by molar-refractivity contribution is 0.413. The zero-order valence-corrected chi connectivity index (χ0v) is 21.2. The van der Waals surface area contributed by atoms with Crippen molar-refractivity contribution in [3.63, 3.8) is 0 Å². The summed E-state index contributed by atoms with van der Waals surface area (Å²) in [5.74, 6) is 1.22. The van der Waals surface area contributed by atoms with Gasteiger partial charge in [-0.15, -0.1) is 29.9 Å². The molecule has 0 fully saturated rings. The Labute approximate surface area is 216 Å². The first-order valence-corrected chi connectivity index (χ1v) is 10.7. The number of nitrogens with zero attached hydrogens (tertiary/aromatic N) is 5. The molecule has 0 saturated carbocycles. The molecule has 5 aromatic rings. The molecule has 2 aromatic carbocycles. The third-order valence-corrected chi connectivity index (χ3v) is 5.47. The van der Waals surface area contributed by atoms with E-state index in [2.05, 4.69) is 33.6 Å². The van der Waals surface area contributed by atoms with Crippen LogP contribution in [0.25, 0.3) is 22.5 Å². The summed E-state index contributed by atoms with van der Waals surface area (Å²) >= 11 is 0. The predicted octanol–water partition coefficient (Wildman–Crippen LogP) is 5.25. The fourth-order valence-corrected chi connectivity index (χ4v) is 3.90. The lowest BCUT2D eigenvalue weighted by Crippen LogP contribution is -1.98. The van der Waals surface area contributed by atoms with Crippen LogP contribution in [-0.2, 0) is 6.54 Å². The lowest BCUT2D eigenvalue weighted by atomic mass is 10.0. The maximum absolute atomic E-state index is 5.84. The average Bonchev–Trinajstić information content (AvgIpc) is 3.43. The van der Waals surface area contributed by atoms with E-state index in [0.717, 1.165) is 50.7 Å². The minimum Gasteiger partial charge on any atom is -0.494 e. The fraction of sp³-hybridized carbons (Fsp3) is 0.160. The number of fused-ring (bicyclic) bond motifs is 1. The molecule has 0 amide bonds. The summed E-state index contributed by atoms with van der Waals surface area (Å²) in [6.45, 7) is 4.49. The molecule has 0 unspecified atom stereocenters. The molecule has 0 atom stereocenters. The van der Waals surface area contributed by atoms with Gasteiger partial charge in [-0.1, -0.05) is 18.2 Å². The van der Waals surface area contributed by atoms with Crippen molar-refractivity contribution >= 4 is 42.1 Å². The van der Waals surface area contributed by atoms with Crippen LogP contribution in [0.1, 0.15) is 16.8 Å². The van der Waals surface area contributed by atoms with E-state index in [9.17, 15) is 0 Å². The smallest absolute Gasteiger partial charge is 0.247 e. The van der Waals surface area contributed by atoms with E-state index in [1.807, 2.05) is 65.7 Å². The number of pyridine rings is 1. The van der Waals surface area contributed by atoms with Crippen molar-refractivity contribution in [1.29, 1.82) is 0 Å². The standard InChI is InChI=1S/C25H25N7O.2ClH/c1-16-9-21(19-6-4-5-18(10-19)12-26)24-29-25(30-32(24)13-16)28-20-7-8-22(23(11-20)33-3)31-14-17(2)27-15-31;;/h4-11,13-15H,12,26H2,1-3H3,(H,28,30);2*1H. The van der Waals surface area contributed by atoms with Crippen LogP contribution in [0.5, 0.6) is 5.75 Å². The van der Waals surface area contributed by atoms with Gasteiger partial charge in [0, 0.05) is 36.3 Å². The molecule has 5 rings (SSSR count). The molecular formula is C25H27Cl2N7O. The summed E-state index contributed by atoms with van der Waals surface area (Å²) in [4.78, 5) is 9.07. The van der Waals surface area contributed by atoms with Crippen molar-refractivity contribution in [2.75, 3.05) is 12.4 Å². The van der Waals surface area contributed by atoms with Gasteiger partial charge in [-0.05, 0) is 54.8 Å². The Morgan fingerprint density at radius 2 is 1.86 bits per heavy atom. The van der Waals surface area contributed by atoms with E-state index in [1.54, 1.807) is 13.4 Å². The SMILES string of the molecule is COc1cc(Nc2nc3c(-c4cccc(CN)c4)cc(C)cn3n2)ccc1-n1cnc(C)c1.Cl.Cl. The summed E-state index contributed by atoms with van der Waals surface area (Å²) in [5, 5.41) is 7.96. The molecule has 10 heteroatoms. The quantitative estimate of drug-likeness (QED) is 0.323. The lowest BCUT2D eigenvalue weighted by Gasteiger charge is -2.11. The Balaban J connectivity index is 0.00000171. The van der Waals surface area contributed by atoms with Crippen LogP contribution in [0.3, 0.4) is 0 Å². The number of halogens is 2. The molecule has 35 heavy (non-hydrogen) atoms. The van der Waals surface area contributed by atoms with E-state index in [-0.39, 0.29) is 24.8 Å². The highest BCUT2D eigenvalue weighted by atomic mass is 35.5. The van der Waals surface area contributed by atoms with Crippen LogP contribution < -0.4 is 15.8 Å². The van der Waals surface area contributed by atoms with Crippen LogP contribution in [-0.4, -0.2) is 31.3 Å². The molecule has 0 aliphatic heterocycles. The van der Waals surface area contributed by atoms with Crippen molar-refractivity contribution in [1.82, 2.24) is 24.1 Å². The number of aromatic nitrogens is 5. The summed E-state index contributed by atoms with van der Waals surface area (Å²) < 4.78 is 9.36. The van der Waals surface area contributed by atoms with E-state index in [0.29, 0.717) is 12.5 Å². The Morgan fingerprint density at radius 1 is 1.03 bits per heavy atom. The number of aryl methyl sites for hydroxylation is 2. The van der Waals surface area contributed by atoms with Crippen LogP contribution >= 0.6 is 24.8 Å². The Kier molecular flexibility index (Phi) is 8.01. The van der Waals surface area contributed by atoms with Crippen molar-refractivity contribution in [3.8, 4) is 22.6 Å². The molecule has 0 saturated heterocycles. The maximum Gasteiger partial charge on any atom is 0.247 e. The number of rotatable bonds is 6. The number of hydrogen-bond donors (Lipinski definition) is 2. The van der Waals surface area contributed by atoms with Gasteiger partial charge in [0.2, 0.25) is 5.95 Å². The normalized spacial score (nSPS) is 10.5. The molecule has 0 radical (unpaired) electrons. The zero-order chi connectivity index (χ0) is 22.9. The molecule has 0 aliphatic carbocycles. The van der Waals surface area contributed by atoms with Crippen LogP contribution in [0, 0.1) is 13.8 Å². The van der Waals surface area contributed by atoms with Crippen molar-refractivity contribution in [2.24, 2.45) is 5.73 Å². The van der Waals surface area contributed by atoms with Crippen molar-refractivity contribution in [3.05, 3.63) is 84.1 Å². The van der Waals surface area contributed by atoms with E-state index in [1.165, 1.54) is 0 Å². The van der Waals surface area contributed by atoms with Gasteiger partial charge in [-0.25, -0.2) is 9.50 Å². The average molecular weight is 512 g/mol. The molecule has 3 aromatic heterocycles. The van der Waals surface area contributed by atoms with Gasteiger partial charge < -0.3 is 20.4 Å². The van der Waals surface area contributed by atoms with Gasteiger partial charge in [0.15, 0.2) is 5.65 Å². The number of ether oxygens (including phenoxy) is 1. The second-order valence-electron chi connectivity index (χ2n) is 7.97. The monoisotopic (exact) mass is 511 g/mol. The highest BCUT2D eigenvalue weighted by Gasteiger charge is 2.13. The van der Waals surface area contributed by atoms with Gasteiger partial charge in [-0.2, -0.15) is 4.98 Å². The largest absolute Gasteiger partial charge is 0.494 e. The first kappa shape index (κ1) is 26.0. The number of benzene rings is 2. The van der Waals surface area contributed by atoms with Crippen LogP contribution in [0.4, 0.5) is 11.6 Å². The number of nitrogens with two attached hydrogens (primary N) is 1. The van der Waals surface area contributed by atoms with E-state index < -0.39 is 0 Å². The van der Waals surface area contributed by atoms with Gasteiger partial charge in [0.1, 0.15) is 5.75 Å². The number of nitrogens with one attached hydrogen (secondary N) is 1. The van der Waals surface area contributed by atoms with Crippen LogP contribution in [0.2, 0.25) is 0 Å². The Hall–Kier alpha value is -3.59. The predicted molar refractivity (Wildman–Crippen MR) is 144 cm³/mol. The second-order valence-corrected chi connectivity index (χ2v) is 7.97. The zero-order valence-electron chi connectivity index (χ0n) is 19.6. The number of methoxy groups -OCH3 is 1. The fourth-order valence-electron chi connectivity index (χ4n) is 3.90. The number of imidazole rings is 1. The molecular weight excluding hydrogens is 485 g/mol. The highest BCUT2D eigenvalue weighted by molar-refractivity contribution is 5.85. The highest BCUT2D eigenvalue weighted by Crippen LogP contribution is 2.30. The minimum absolute atomic E-state index is 0. The Bertz CT molecular complexity index is 1460. The number of anilines is 2. The molecule has 182 valence electrons. The topological polar surface area (TPSA) is 95.3 Å². The summed E-state index contributed by atoms with van der Waals surface area (Å²) in [6.07, 6.45) is 5.69. The number of hydrogen-bond acceptors (Lipinski definition) is 6. The molecule has 8 nitrogen and oxygen atoms in total. The van der Waals surface area contributed by atoms with Gasteiger partial charge in [0.05, 0.1) is 24.8 Å². The molecule has 3 N–H and O–H groups in total. The van der Waals surface area contributed by atoms with Crippen LogP contribution in [0.15, 0.2) is 67.3 Å². The molecule has 0 aliphatic rings. The Morgan fingerprint density at radius 3 is 2.57 bits per heavy atom. The molecule has 0 spiro atoms. The summed E-state index contributed by atoms with van der Waals surface area (Å²) in [6, 6.07) is 16.2.